The lowest BCUT2D eigenvalue weighted by molar-refractivity contribution is 0.0233. The summed E-state index contributed by atoms with van der Waals surface area (Å²) in [5.41, 5.74) is 1.38. The fourth-order valence-electron chi connectivity index (χ4n) is 3.29. The van der Waals surface area contributed by atoms with Crippen molar-refractivity contribution in [3.8, 4) is 11.3 Å². The molecule has 1 aliphatic carbocycles. The van der Waals surface area contributed by atoms with E-state index in [-0.39, 0.29) is 6.09 Å². The molecule has 0 aliphatic heterocycles. The maximum Gasteiger partial charge on any atom is 0.410 e. The first-order chi connectivity index (χ1) is 14.4. The van der Waals surface area contributed by atoms with Crippen LogP contribution >= 0.6 is 0 Å². The lowest BCUT2D eigenvalue weighted by Gasteiger charge is -2.27. The van der Waals surface area contributed by atoms with Crippen LogP contribution in [0.25, 0.3) is 17.0 Å². The lowest BCUT2D eigenvalue weighted by atomic mass is 10.1. The number of carbonyl (C=O) groups excluding carboxylic acids is 1. The van der Waals surface area contributed by atoms with Crippen molar-refractivity contribution in [2.45, 2.75) is 51.7 Å². The van der Waals surface area contributed by atoms with E-state index in [0.717, 1.165) is 36.3 Å². The number of benzene rings is 1. The SMILES string of the molecule is CC(C)(C)OC(=O)N(CCCNc1cc(-c2ccccc2)nc2ncnn12)C1CC1. The minimum atomic E-state index is -0.480. The molecule has 0 spiro atoms. The molecule has 1 N–H and O–H groups in total. The molecule has 30 heavy (non-hydrogen) atoms. The number of hydrogen-bond donors (Lipinski definition) is 1. The Morgan fingerprint density at radius 3 is 2.73 bits per heavy atom. The number of aromatic nitrogens is 4. The van der Waals surface area contributed by atoms with E-state index in [2.05, 4.69) is 20.4 Å². The van der Waals surface area contributed by atoms with Crippen LogP contribution in [0.5, 0.6) is 0 Å². The molecule has 1 fully saturated rings. The number of amides is 1. The van der Waals surface area contributed by atoms with E-state index < -0.39 is 5.60 Å². The third-order valence-corrected chi connectivity index (χ3v) is 4.82. The Bertz CT molecular complexity index is 1010. The average Bonchev–Trinajstić information content (AvgIpc) is 3.42. The molecular formula is C22H28N6O2. The van der Waals surface area contributed by atoms with Crippen LogP contribution in [-0.4, -0.2) is 55.3 Å². The number of nitrogens with zero attached hydrogens (tertiary/aromatic N) is 5. The van der Waals surface area contributed by atoms with E-state index in [1.807, 2.05) is 62.1 Å². The quantitative estimate of drug-likeness (QED) is 0.595. The van der Waals surface area contributed by atoms with Gasteiger partial charge in [-0.1, -0.05) is 30.3 Å². The summed E-state index contributed by atoms with van der Waals surface area (Å²) >= 11 is 0. The van der Waals surface area contributed by atoms with Gasteiger partial charge in [-0.05, 0) is 40.0 Å². The van der Waals surface area contributed by atoms with Crippen LogP contribution in [0.4, 0.5) is 10.6 Å². The Morgan fingerprint density at radius 2 is 2.03 bits per heavy atom. The molecule has 3 aromatic rings. The third-order valence-electron chi connectivity index (χ3n) is 4.82. The highest BCUT2D eigenvalue weighted by atomic mass is 16.6. The molecule has 1 aliphatic rings. The number of rotatable bonds is 7. The number of ether oxygens (including phenoxy) is 1. The van der Waals surface area contributed by atoms with E-state index >= 15 is 0 Å². The molecule has 2 heterocycles. The zero-order valence-corrected chi connectivity index (χ0v) is 17.7. The molecule has 158 valence electrons. The first kappa shape index (κ1) is 20.1. The van der Waals surface area contributed by atoms with Crippen molar-refractivity contribution < 1.29 is 9.53 Å². The van der Waals surface area contributed by atoms with Gasteiger partial charge in [-0.25, -0.2) is 9.78 Å². The van der Waals surface area contributed by atoms with Gasteiger partial charge < -0.3 is 15.0 Å². The molecule has 1 saturated carbocycles. The standard InChI is InChI=1S/C22H28N6O2/c1-22(2,3)30-21(29)27(17-10-11-17)13-7-12-23-19-14-18(16-8-5-4-6-9-16)26-20-24-15-25-28(19)20/h4-6,8-9,14-15,17,23H,7,10-13H2,1-3H3. The van der Waals surface area contributed by atoms with Crippen LogP contribution in [0, 0.1) is 0 Å². The molecule has 1 aromatic carbocycles. The Morgan fingerprint density at radius 1 is 1.27 bits per heavy atom. The summed E-state index contributed by atoms with van der Waals surface area (Å²) in [5, 5.41) is 7.70. The fraction of sp³-hybridized carbons (Fsp3) is 0.455. The first-order valence-corrected chi connectivity index (χ1v) is 10.4. The number of nitrogens with one attached hydrogen (secondary N) is 1. The van der Waals surface area contributed by atoms with E-state index in [9.17, 15) is 4.79 Å². The highest BCUT2D eigenvalue weighted by Gasteiger charge is 2.34. The molecular weight excluding hydrogens is 380 g/mol. The van der Waals surface area contributed by atoms with Gasteiger partial charge in [0.05, 0.1) is 5.69 Å². The molecule has 8 heteroatoms. The average molecular weight is 409 g/mol. The maximum atomic E-state index is 12.5. The van der Waals surface area contributed by atoms with Gasteiger partial charge in [-0.15, -0.1) is 0 Å². The predicted octanol–water partition coefficient (Wildman–Crippen LogP) is 3.99. The van der Waals surface area contributed by atoms with Crippen molar-refractivity contribution in [3.63, 3.8) is 0 Å². The Kier molecular flexibility index (Phi) is 5.57. The zero-order valence-electron chi connectivity index (χ0n) is 17.7. The summed E-state index contributed by atoms with van der Waals surface area (Å²) in [5.74, 6) is 1.37. The molecule has 0 radical (unpaired) electrons. The molecule has 1 amide bonds. The first-order valence-electron chi connectivity index (χ1n) is 10.4. The van der Waals surface area contributed by atoms with E-state index in [1.54, 1.807) is 4.52 Å². The molecule has 0 saturated heterocycles. The monoisotopic (exact) mass is 408 g/mol. The maximum absolute atomic E-state index is 12.5. The summed E-state index contributed by atoms with van der Waals surface area (Å²) in [6, 6.07) is 12.3. The van der Waals surface area contributed by atoms with Crippen molar-refractivity contribution in [2.75, 3.05) is 18.4 Å². The van der Waals surface area contributed by atoms with Gasteiger partial charge in [-0.2, -0.15) is 14.6 Å². The summed E-state index contributed by atoms with van der Waals surface area (Å²) < 4.78 is 7.26. The molecule has 8 nitrogen and oxygen atoms in total. The van der Waals surface area contributed by atoms with Gasteiger partial charge in [0.15, 0.2) is 0 Å². The number of hydrogen-bond acceptors (Lipinski definition) is 6. The molecule has 0 unspecified atom stereocenters. The van der Waals surface area contributed by atoms with Crippen molar-refractivity contribution in [2.24, 2.45) is 0 Å². The highest BCUT2D eigenvalue weighted by molar-refractivity contribution is 5.69. The van der Waals surface area contributed by atoms with Crippen molar-refractivity contribution in [1.29, 1.82) is 0 Å². The molecule has 2 aromatic heterocycles. The smallest absolute Gasteiger partial charge is 0.410 e. The van der Waals surface area contributed by atoms with Gasteiger partial charge in [0.2, 0.25) is 0 Å². The molecule has 0 bridgehead atoms. The van der Waals surface area contributed by atoms with Crippen LogP contribution in [0.2, 0.25) is 0 Å². The van der Waals surface area contributed by atoms with Crippen LogP contribution < -0.4 is 5.32 Å². The molecule has 0 atom stereocenters. The number of carbonyl (C=O) groups is 1. The van der Waals surface area contributed by atoms with Gasteiger partial charge in [0.25, 0.3) is 5.78 Å². The number of fused-ring (bicyclic) bond motifs is 1. The lowest BCUT2D eigenvalue weighted by Crippen LogP contribution is -2.39. The highest BCUT2D eigenvalue weighted by Crippen LogP contribution is 2.28. The Labute approximate surface area is 176 Å². The van der Waals surface area contributed by atoms with Crippen LogP contribution in [0.15, 0.2) is 42.7 Å². The minimum Gasteiger partial charge on any atom is -0.444 e. The number of anilines is 1. The van der Waals surface area contributed by atoms with Gasteiger partial charge in [0.1, 0.15) is 17.7 Å². The van der Waals surface area contributed by atoms with Crippen molar-refractivity contribution in [1.82, 2.24) is 24.5 Å². The second-order valence-electron chi connectivity index (χ2n) is 8.55. The van der Waals surface area contributed by atoms with Crippen LogP contribution in [0.3, 0.4) is 0 Å². The normalized spacial score (nSPS) is 14.0. The summed E-state index contributed by atoms with van der Waals surface area (Å²) in [6.07, 6.45) is 4.18. The zero-order chi connectivity index (χ0) is 21.1. The van der Waals surface area contributed by atoms with Crippen LogP contribution in [-0.2, 0) is 4.74 Å². The molecule has 4 rings (SSSR count). The Balaban J connectivity index is 1.41. The third kappa shape index (κ3) is 4.87. The summed E-state index contributed by atoms with van der Waals surface area (Å²) in [7, 11) is 0. The summed E-state index contributed by atoms with van der Waals surface area (Å²) in [4.78, 5) is 23.2. The minimum absolute atomic E-state index is 0.223. The topological polar surface area (TPSA) is 84.6 Å². The second kappa shape index (κ2) is 8.30. The van der Waals surface area contributed by atoms with Crippen molar-refractivity contribution in [3.05, 3.63) is 42.7 Å². The van der Waals surface area contributed by atoms with Crippen LogP contribution in [0.1, 0.15) is 40.0 Å². The van der Waals surface area contributed by atoms with Gasteiger partial charge in [0, 0.05) is 30.8 Å². The summed E-state index contributed by atoms with van der Waals surface area (Å²) in [6.45, 7) is 7.04. The largest absolute Gasteiger partial charge is 0.444 e. The van der Waals surface area contributed by atoms with E-state index in [1.165, 1.54) is 6.33 Å². The van der Waals surface area contributed by atoms with E-state index in [4.69, 9.17) is 4.74 Å². The second-order valence-corrected chi connectivity index (χ2v) is 8.55. The predicted molar refractivity (Wildman–Crippen MR) is 115 cm³/mol. The Hall–Kier alpha value is -3.16. The van der Waals surface area contributed by atoms with Gasteiger partial charge in [-0.3, -0.25) is 0 Å². The van der Waals surface area contributed by atoms with E-state index in [0.29, 0.717) is 24.9 Å². The fourth-order valence-corrected chi connectivity index (χ4v) is 3.29. The van der Waals surface area contributed by atoms with Gasteiger partial charge >= 0.3 is 6.09 Å². The van der Waals surface area contributed by atoms with Crippen molar-refractivity contribution >= 4 is 17.7 Å².